The van der Waals surface area contributed by atoms with Gasteiger partial charge in [-0.15, -0.1) is 10.2 Å². The predicted octanol–water partition coefficient (Wildman–Crippen LogP) is 7.31. The third-order valence-corrected chi connectivity index (χ3v) is 7.67. The number of hydrogen-bond acceptors (Lipinski definition) is 5. The minimum absolute atomic E-state index is 0.0741. The van der Waals surface area contributed by atoms with Crippen LogP contribution in [-0.4, -0.2) is 26.4 Å². The average molecular weight is 560 g/mol. The summed E-state index contributed by atoms with van der Waals surface area (Å²) in [5.74, 6) is 2.60. The number of thioether (sulfide) groups is 1. The lowest BCUT2D eigenvalue weighted by Gasteiger charge is -2.18. The zero-order chi connectivity index (χ0) is 25.7. The van der Waals surface area contributed by atoms with Gasteiger partial charge in [0, 0.05) is 16.7 Å². The minimum atomic E-state index is -0.275. The molecule has 0 aliphatic heterocycles. The summed E-state index contributed by atoms with van der Waals surface area (Å²) < 4.78 is 9.30. The largest absolute Gasteiger partial charge is 0.483 e. The monoisotopic (exact) mass is 558 g/mol. The molecule has 0 aliphatic rings. The maximum atomic E-state index is 12.7. The third-order valence-electron chi connectivity index (χ3n) is 5.84. The molecule has 1 heterocycles. The summed E-state index contributed by atoms with van der Waals surface area (Å²) in [5, 5.41) is 12.6. The maximum Gasteiger partial charge on any atom is 0.234 e. The first-order chi connectivity index (χ1) is 16.6. The van der Waals surface area contributed by atoms with Gasteiger partial charge in [-0.05, 0) is 73.6 Å². The van der Waals surface area contributed by atoms with E-state index in [-0.39, 0.29) is 17.8 Å². The first-order valence-electron chi connectivity index (χ1n) is 11.9. The Morgan fingerprint density at radius 2 is 1.71 bits per heavy atom. The van der Waals surface area contributed by atoms with Crippen LogP contribution in [0.1, 0.15) is 69.2 Å². The van der Waals surface area contributed by atoms with Gasteiger partial charge in [0.25, 0.3) is 0 Å². The third kappa shape index (κ3) is 7.10. The van der Waals surface area contributed by atoms with E-state index in [9.17, 15) is 4.79 Å². The predicted molar refractivity (Wildman–Crippen MR) is 147 cm³/mol. The molecule has 0 radical (unpaired) electrons. The lowest BCUT2D eigenvalue weighted by atomic mass is 10.0. The van der Waals surface area contributed by atoms with Gasteiger partial charge in [-0.2, -0.15) is 0 Å². The minimum Gasteiger partial charge on any atom is -0.483 e. The number of carbonyl (C=O) groups excluding carboxylic acids is 1. The van der Waals surface area contributed by atoms with Crippen LogP contribution >= 0.6 is 27.7 Å². The van der Waals surface area contributed by atoms with Crippen LogP contribution in [-0.2, 0) is 11.3 Å². The van der Waals surface area contributed by atoms with E-state index in [1.807, 2.05) is 45.0 Å². The molecule has 0 aliphatic carbocycles. The topological polar surface area (TPSA) is 69.0 Å². The van der Waals surface area contributed by atoms with E-state index in [1.165, 1.54) is 17.3 Å². The van der Waals surface area contributed by atoms with Crippen molar-refractivity contribution in [3.63, 3.8) is 0 Å². The van der Waals surface area contributed by atoms with E-state index in [0.29, 0.717) is 11.8 Å². The fraction of sp³-hybridized carbons (Fsp3) is 0.444. The average Bonchev–Trinajstić information content (AvgIpc) is 3.20. The molecule has 1 atom stereocenters. The number of benzene rings is 2. The summed E-state index contributed by atoms with van der Waals surface area (Å²) in [5.41, 5.74) is 4.27. The Labute approximate surface area is 221 Å². The van der Waals surface area contributed by atoms with Gasteiger partial charge in [0.15, 0.2) is 17.1 Å². The molecule has 0 fully saturated rings. The molecule has 0 saturated heterocycles. The van der Waals surface area contributed by atoms with Crippen LogP contribution in [0.15, 0.2) is 46.0 Å². The van der Waals surface area contributed by atoms with Gasteiger partial charge in [-0.25, -0.2) is 0 Å². The Bertz CT molecular complexity index is 1160. The number of nitrogens with one attached hydrogen (secondary N) is 1. The molecular weight excluding hydrogens is 524 g/mol. The Hall–Kier alpha value is -2.32. The Morgan fingerprint density at radius 1 is 1.03 bits per heavy atom. The molecule has 0 saturated carbocycles. The molecule has 3 aromatic rings. The van der Waals surface area contributed by atoms with Crippen molar-refractivity contribution in [3.8, 4) is 5.75 Å². The zero-order valence-electron chi connectivity index (χ0n) is 21.6. The molecular formula is C27H35BrN4O2S. The number of halogens is 1. The molecule has 8 heteroatoms. The molecule has 0 spiro atoms. The first-order valence-corrected chi connectivity index (χ1v) is 13.7. The van der Waals surface area contributed by atoms with Crippen molar-refractivity contribution in [2.45, 2.75) is 72.2 Å². The standard InChI is InChI=1S/C27H35BrN4O2S/c1-16(2)14-32-26(20(7)34-22-10-8-21(9-11-22)17(3)4)30-31-27(32)35-15-25(33)29-24-13-12-23(28)18(5)19(24)6/h8-13,16-17,20H,14-15H2,1-7H3,(H,29,33). The van der Waals surface area contributed by atoms with E-state index >= 15 is 0 Å². The number of anilines is 1. The van der Waals surface area contributed by atoms with E-state index in [4.69, 9.17) is 4.74 Å². The van der Waals surface area contributed by atoms with Crippen molar-refractivity contribution in [1.82, 2.24) is 14.8 Å². The van der Waals surface area contributed by atoms with Gasteiger partial charge in [0.2, 0.25) is 5.91 Å². The second-order valence-corrected chi connectivity index (χ2v) is 11.3. The van der Waals surface area contributed by atoms with Gasteiger partial charge in [0.1, 0.15) is 5.75 Å². The number of carbonyl (C=O) groups is 1. The van der Waals surface area contributed by atoms with Crippen LogP contribution in [0.2, 0.25) is 0 Å². The number of nitrogens with zero attached hydrogens (tertiary/aromatic N) is 3. The number of ether oxygens (including phenoxy) is 1. The molecule has 2 aromatic carbocycles. The van der Waals surface area contributed by atoms with Crippen LogP contribution in [0, 0.1) is 19.8 Å². The molecule has 1 amide bonds. The fourth-order valence-corrected chi connectivity index (χ4v) is 4.86. The van der Waals surface area contributed by atoms with Gasteiger partial charge in [-0.1, -0.05) is 67.5 Å². The van der Waals surface area contributed by atoms with Crippen molar-refractivity contribution in [1.29, 1.82) is 0 Å². The second-order valence-electron chi connectivity index (χ2n) is 9.51. The van der Waals surface area contributed by atoms with Gasteiger partial charge in [0.05, 0.1) is 5.75 Å². The highest BCUT2D eigenvalue weighted by Crippen LogP contribution is 2.28. The molecule has 0 bridgehead atoms. The Kier molecular flexibility index (Phi) is 9.41. The summed E-state index contributed by atoms with van der Waals surface area (Å²) in [4.78, 5) is 12.7. The van der Waals surface area contributed by atoms with Crippen LogP contribution in [0.4, 0.5) is 5.69 Å². The Morgan fingerprint density at radius 3 is 2.34 bits per heavy atom. The molecule has 3 rings (SSSR count). The van der Waals surface area contributed by atoms with Crippen LogP contribution in [0.25, 0.3) is 0 Å². The van der Waals surface area contributed by atoms with E-state index < -0.39 is 0 Å². The molecule has 6 nitrogen and oxygen atoms in total. The van der Waals surface area contributed by atoms with Crippen molar-refractivity contribution < 1.29 is 9.53 Å². The number of hydrogen-bond donors (Lipinski definition) is 1. The smallest absolute Gasteiger partial charge is 0.234 e. The van der Waals surface area contributed by atoms with Crippen molar-refractivity contribution in [3.05, 3.63) is 63.4 Å². The van der Waals surface area contributed by atoms with E-state index in [2.05, 4.69) is 75.8 Å². The van der Waals surface area contributed by atoms with Crippen LogP contribution in [0.5, 0.6) is 5.75 Å². The number of amides is 1. The van der Waals surface area contributed by atoms with Gasteiger partial charge < -0.3 is 14.6 Å². The zero-order valence-corrected chi connectivity index (χ0v) is 24.0. The summed E-state index contributed by atoms with van der Waals surface area (Å²) in [6, 6.07) is 12.1. The molecule has 1 N–H and O–H groups in total. The summed E-state index contributed by atoms with van der Waals surface area (Å²) >= 11 is 4.93. The highest BCUT2D eigenvalue weighted by molar-refractivity contribution is 9.10. The Balaban J connectivity index is 1.70. The van der Waals surface area contributed by atoms with Crippen LogP contribution < -0.4 is 10.1 Å². The van der Waals surface area contributed by atoms with Crippen molar-refractivity contribution in [2.24, 2.45) is 5.92 Å². The van der Waals surface area contributed by atoms with E-state index in [1.54, 1.807) is 0 Å². The van der Waals surface area contributed by atoms with Gasteiger partial charge in [-0.3, -0.25) is 4.79 Å². The lowest BCUT2D eigenvalue weighted by Crippen LogP contribution is -2.17. The molecule has 35 heavy (non-hydrogen) atoms. The number of rotatable bonds is 10. The normalized spacial score (nSPS) is 12.3. The molecule has 1 aromatic heterocycles. The summed E-state index contributed by atoms with van der Waals surface area (Å²) in [7, 11) is 0. The summed E-state index contributed by atoms with van der Waals surface area (Å²) in [6.07, 6.45) is -0.275. The molecule has 1 unspecified atom stereocenters. The van der Waals surface area contributed by atoms with E-state index in [0.717, 1.165) is 44.6 Å². The first kappa shape index (κ1) is 27.3. The SMILES string of the molecule is Cc1c(Br)ccc(NC(=O)CSc2nnc(C(C)Oc3ccc(C(C)C)cc3)n2CC(C)C)c1C. The fourth-order valence-electron chi connectivity index (χ4n) is 3.67. The van der Waals surface area contributed by atoms with Crippen molar-refractivity contribution in [2.75, 3.05) is 11.1 Å². The highest BCUT2D eigenvalue weighted by Gasteiger charge is 2.21. The van der Waals surface area contributed by atoms with Gasteiger partial charge >= 0.3 is 0 Å². The second kappa shape index (κ2) is 12.1. The molecule has 188 valence electrons. The quantitative estimate of drug-likeness (QED) is 0.264. The summed E-state index contributed by atoms with van der Waals surface area (Å²) in [6.45, 7) is 15.4. The van der Waals surface area contributed by atoms with Crippen LogP contribution in [0.3, 0.4) is 0 Å². The highest BCUT2D eigenvalue weighted by atomic mass is 79.9. The lowest BCUT2D eigenvalue weighted by molar-refractivity contribution is -0.113. The number of aromatic nitrogens is 3. The van der Waals surface area contributed by atoms with Crippen molar-refractivity contribution >= 4 is 39.3 Å². The maximum absolute atomic E-state index is 12.7.